The third-order valence-electron chi connectivity index (χ3n) is 3.90. The number of aryl methyl sites for hydroxylation is 1. The molecule has 1 N–H and O–H groups in total. The van der Waals surface area contributed by atoms with Crippen LogP contribution in [0.4, 0.5) is 0 Å². The van der Waals surface area contributed by atoms with E-state index < -0.39 is 18.1 Å². The van der Waals surface area contributed by atoms with Crippen LogP contribution in [0.3, 0.4) is 0 Å². The number of hydrogen-bond donors (Lipinski definition) is 1. The van der Waals surface area contributed by atoms with Gasteiger partial charge in [-0.25, -0.2) is 4.79 Å². The van der Waals surface area contributed by atoms with E-state index in [4.69, 9.17) is 9.47 Å². The van der Waals surface area contributed by atoms with Gasteiger partial charge in [0.2, 0.25) is 0 Å². The number of nitrogens with one attached hydrogen (secondary N) is 1. The highest BCUT2D eigenvalue weighted by Crippen LogP contribution is 2.17. The summed E-state index contributed by atoms with van der Waals surface area (Å²) in [5.74, 6) is -0.866. The van der Waals surface area contributed by atoms with E-state index in [9.17, 15) is 9.59 Å². The maximum absolute atomic E-state index is 12.6. The van der Waals surface area contributed by atoms with Gasteiger partial charge < -0.3 is 14.8 Å². The first kappa shape index (κ1) is 18.7. The normalized spacial score (nSPS) is 12.9. The maximum Gasteiger partial charge on any atom is 0.328 e. The fraction of sp³-hybridized carbons (Fsp3) is 0.300. The van der Waals surface area contributed by atoms with E-state index in [0.29, 0.717) is 6.42 Å². The summed E-state index contributed by atoms with van der Waals surface area (Å²) < 4.78 is 10.2. The number of amides is 1. The Kier molecular flexibility index (Phi) is 6.71. The Morgan fingerprint density at radius 3 is 2.36 bits per heavy atom. The SMILES string of the molecule is COC(=O)[C@@H](Cc1cccc(C)c1)NC(=O)[C@@H](OC)c1ccccc1. The largest absolute Gasteiger partial charge is 0.467 e. The molecule has 1 amide bonds. The minimum atomic E-state index is -0.786. The van der Waals surface area contributed by atoms with Crippen molar-refractivity contribution in [1.29, 1.82) is 0 Å². The van der Waals surface area contributed by atoms with Crippen molar-refractivity contribution in [1.82, 2.24) is 5.32 Å². The molecule has 0 unspecified atom stereocenters. The Balaban J connectivity index is 2.15. The standard InChI is InChI=1S/C20H23NO4/c1-14-8-7-9-15(12-14)13-17(20(23)25-3)21-19(22)18(24-2)16-10-5-4-6-11-16/h4-12,17-18H,13H2,1-3H3,(H,21,22)/t17-,18+/m1/s1. The van der Waals surface area contributed by atoms with Crippen molar-refractivity contribution in [2.75, 3.05) is 14.2 Å². The molecule has 0 aliphatic carbocycles. The first-order chi connectivity index (χ1) is 12.0. The fourth-order valence-corrected chi connectivity index (χ4v) is 2.68. The quantitative estimate of drug-likeness (QED) is 0.786. The summed E-state index contributed by atoms with van der Waals surface area (Å²) in [6.07, 6.45) is -0.434. The van der Waals surface area contributed by atoms with E-state index in [1.807, 2.05) is 49.4 Å². The van der Waals surface area contributed by atoms with E-state index in [0.717, 1.165) is 16.7 Å². The summed E-state index contributed by atoms with van der Waals surface area (Å²) in [5, 5.41) is 2.75. The van der Waals surface area contributed by atoms with Crippen molar-refractivity contribution in [3.8, 4) is 0 Å². The molecule has 5 nitrogen and oxygen atoms in total. The second kappa shape index (κ2) is 8.99. The van der Waals surface area contributed by atoms with E-state index >= 15 is 0 Å². The Morgan fingerprint density at radius 1 is 1.04 bits per heavy atom. The number of carbonyl (C=O) groups is 2. The summed E-state index contributed by atoms with van der Waals surface area (Å²) in [5.41, 5.74) is 2.76. The van der Waals surface area contributed by atoms with Gasteiger partial charge >= 0.3 is 5.97 Å². The van der Waals surface area contributed by atoms with Crippen LogP contribution in [0, 0.1) is 6.92 Å². The van der Waals surface area contributed by atoms with Gasteiger partial charge in [0.05, 0.1) is 7.11 Å². The second-order valence-electron chi connectivity index (χ2n) is 5.80. The van der Waals surface area contributed by atoms with Gasteiger partial charge in [0.25, 0.3) is 5.91 Å². The predicted molar refractivity (Wildman–Crippen MR) is 95.0 cm³/mol. The van der Waals surface area contributed by atoms with Crippen LogP contribution >= 0.6 is 0 Å². The van der Waals surface area contributed by atoms with Crippen molar-refractivity contribution in [3.05, 3.63) is 71.3 Å². The topological polar surface area (TPSA) is 64.6 Å². The van der Waals surface area contributed by atoms with Crippen LogP contribution in [0.5, 0.6) is 0 Å². The summed E-state index contributed by atoms with van der Waals surface area (Å²) in [6, 6.07) is 16.2. The molecule has 2 atom stereocenters. The van der Waals surface area contributed by atoms with Gasteiger partial charge in [0.1, 0.15) is 6.04 Å². The molecular weight excluding hydrogens is 318 g/mol. The molecule has 132 valence electrons. The summed E-state index contributed by atoms with van der Waals surface area (Å²) in [4.78, 5) is 24.7. The molecule has 2 aromatic rings. The lowest BCUT2D eigenvalue weighted by atomic mass is 10.0. The highest BCUT2D eigenvalue weighted by molar-refractivity contribution is 5.87. The van der Waals surface area contributed by atoms with Crippen LogP contribution in [-0.2, 0) is 25.5 Å². The number of rotatable bonds is 7. The molecule has 0 aromatic heterocycles. The predicted octanol–water partition coefficient (Wildman–Crippen LogP) is 2.58. The third-order valence-corrected chi connectivity index (χ3v) is 3.90. The van der Waals surface area contributed by atoms with Crippen molar-refractivity contribution < 1.29 is 19.1 Å². The van der Waals surface area contributed by atoms with Crippen LogP contribution in [0.15, 0.2) is 54.6 Å². The average molecular weight is 341 g/mol. The third kappa shape index (κ3) is 5.16. The lowest BCUT2D eigenvalue weighted by Gasteiger charge is -2.21. The van der Waals surface area contributed by atoms with Gasteiger partial charge in [0.15, 0.2) is 6.10 Å². The van der Waals surface area contributed by atoms with Crippen LogP contribution in [0.1, 0.15) is 22.8 Å². The minimum absolute atomic E-state index is 0.352. The van der Waals surface area contributed by atoms with Gasteiger partial charge in [0, 0.05) is 13.5 Å². The van der Waals surface area contributed by atoms with E-state index in [1.165, 1.54) is 14.2 Å². The maximum atomic E-state index is 12.6. The average Bonchev–Trinajstić information content (AvgIpc) is 2.62. The Labute approximate surface area is 148 Å². The molecule has 0 aliphatic heterocycles. The Morgan fingerprint density at radius 2 is 1.76 bits per heavy atom. The molecule has 2 rings (SSSR count). The number of esters is 1. The first-order valence-corrected chi connectivity index (χ1v) is 8.06. The van der Waals surface area contributed by atoms with E-state index in [1.54, 1.807) is 12.1 Å². The number of methoxy groups -OCH3 is 2. The molecule has 0 fully saturated rings. The molecule has 0 heterocycles. The lowest BCUT2D eigenvalue weighted by molar-refractivity contribution is -0.146. The van der Waals surface area contributed by atoms with Crippen LogP contribution in [-0.4, -0.2) is 32.1 Å². The molecule has 0 saturated carbocycles. The monoisotopic (exact) mass is 341 g/mol. The number of hydrogen-bond acceptors (Lipinski definition) is 4. The molecular formula is C20H23NO4. The summed E-state index contributed by atoms with van der Waals surface area (Å²) in [7, 11) is 2.77. The van der Waals surface area contributed by atoms with Crippen LogP contribution in [0.2, 0.25) is 0 Å². The van der Waals surface area contributed by atoms with Gasteiger partial charge in [-0.3, -0.25) is 4.79 Å². The van der Waals surface area contributed by atoms with Gasteiger partial charge in [-0.15, -0.1) is 0 Å². The van der Waals surface area contributed by atoms with E-state index in [-0.39, 0.29) is 5.91 Å². The molecule has 2 aromatic carbocycles. The van der Waals surface area contributed by atoms with Crippen molar-refractivity contribution in [3.63, 3.8) is 0 Å². The zero-order chi connectivity index (χ0) is 18.2. The molecule has 0 saturated heterocycles. The minimum Gasteiger partial charge on any atom is -0.467 e. The second-order valence-corrected chi connectivity index (χ2v) is 5.80. The van der Waals surface area contributed by atoms with Crippen LogP contribution in [0.25, 0.3) is 0 Å². The lowest BCUT2D eigenvalue weighted by Crippen LogP contribution is -2.45. The molecule has 0 radical (unpaired) electrons. The van der Waals surface area contributed by atoms with Crippen LogP contribution < -0.4 is 5.32 Å². The van der Waals surface area contributed by atoms with Crippen molar-refractivity contribution >= 4 is 11.9 Å². The van der Waals surface area contributed by atoms with Gasteiger partial charge in [-0.1, -0.05) is 60.2 Å². The number of carbonyl (C=O) groups excluding carboxylic acids is 2. The van der Waals surface area contributed by atoms with E-state index in [2.05, 4.69) is 5.32 Å². The smallest absolute Gasteiger partial charge is 0.328 e. The molecule has 0 aliphatic rings. The molecule has 25 heavy (non-hydrogen) atoms. The molecule has 0 spiro atoms. The van der Waals surface area contributed by atoms with Gasteiger partial charge in [-0.2, -0.15) is 0 Å². The number of ether oxygens (including phenoxy) is 2. The highest BCUT2D eigenvalue weighted by Gasteiger charge is 2.27. The number of benzene rings is 2. The van der Waals surface area contributed by atoms with Gasteiger partial charge in [-0.05, 0) is 18.1 Å². The summed E-state index contributed by atoms with van der Waals surface area (Å²) in [6.45, 7) is 1.98. The zero-order valence-electron chi connectivity index (χ0n) is 14.7. The summed E-state index contributed by atoms with van der Waals surface area (Å²) >= 11 is 0. The Bertz CT molecular complexity index is 715. The first-order valence-electron chi connectivity index (χ1n) is 8.06. The van der Waals surface area contributed by atoms with Crippen molar-refractivity contribution in [2.45, 2.75) is 25.5 Å². The van der Waals surface area contributed by atoms with Crippen molar-refractivity contribution in [2.24, 2.45) is 0 Å². The Hall–Kier alpha value is -2.66. The molecule has 5 heteroatoms. The highest BCUT2D eigenvalue weighted by atomic mass is 16.5. The molecule has 0 bridgehead atoms. The zero-order valence-corrected chi connectivity index (χ0v) is 14.7. The fourth-order valence-electron chi connectivity index (χ4n) is 2.68.